The van der Waals surface area contributed by atoms with Gasteiger partial charge in [-0.1, -0.05) is 36.4 Å². The highest BCUT2D eigenvalue weighted by molar-refractivity contribution is 14.0. The minimum atomic E-state index is -0.317. The first-order valence-electron chi connectivity index (χ1n) is 10.7. The number of aliphatic imine (C=N–C) groups is 1. The molecule has 174 valence electrons. The zero-order chi connectivity index (χ0) is 21.9. The van der Waals surface area contributed by atoms with E-state index in [1.54, 1.807) is 19.2 Å². The van der Waals surface area contributed by atoms with Gasteiger partial charge in [-0.2, -0.15) is 0 Å². The molecule has 0 spiro atoms. The van der Waals surface area contributed by atoms with Crippen LogP contribution < -0.4 is 10.6 Å². The molecule has 3 rings (SSSR count). The summed E-state index contributed by atoms with van der Waals surface area (Å²) in [5.41, 5.74) is 4.31. The van der Waals surface area contributed by atoms with Gasteiger partial charge in [-0.3, -0.25) is 9.89 Å². The van der Waals surface area contributed by atoms with E-state index < -0.39 is 0 Å². The van der Waals surface area contributed by atoms with Crippen LogP contribution in [-0.2, 0) is 29.0 Å². The van der Waals surface area contributed by atoms with Crippen LogP contribution in [-0.4, -0.2) is 63.8 Å². The van der Waals surface area contributed by atoms with Gasteiger partial charge >= 0.3 is 5.97 Å². The first kappa shape index (κ1) is 26.1. The number of nitrogens with zero attached hydrogens (tertiary/aromatic N) is 2. The fourth-order valence-corrected chi connectivity index (χ4v) is 3.53. The average Bonchev–Trinajstić information content (AvgIpc) is 2.82. The molecule has 8 heteroatoms. The highest BCUT2D eigenvalue weighted by Gasteiger charge is 2.13. The molecule has 1 saturated heterocycles. The highest BCUT2D eigenvalue weighted by atomic mass is 127. The van der Waals surface area contributed by atoms with Crippen molar-refractivity contribution in [2.45, 2.75) is 19.5 Å². The topological polar surface area (TPSA) is 75.2 Å². The largest absolute Gasteiger partial charge is 0.465 e. The van der Waals surface area contributed by atoms with Crippen LogP contribution in [0.1, 0.15) is 27.0 Å². The molecule has 0 aliphatic carbocycles. The third-order valence-electron chi connectivity index (χ3n) is 5.37. The van der Waals surface area contributed by atoms with Gasteiger partial charge < -0.3 is 20.1 Å². The van der Waals surface area contributed by atoms with Gasteiger partial charge in [0.05, 0.1) is 25.9 Å². The Kier molecular flexibility index (Phi) is 11.5. The van der Waals surface area contributed by atoms with E-state index in [9.17, 15) is 4.79 Å². The number of halogens is 1. The number of hydrogen-bond acceptors (Lipinski definition) is 5. The maximum absolute atomic E-state index is 11.5. The van der Waals surface area contributed by atoms with Crippen molar-refractivity contribution >= 4 is 35.9 Å². The van der Waals surface area contributed by atoms with Crippen LogP contribution in [0.15, 0.2) is 53.5 Å². The lowest BCUT2D eigenvalue weighted by Crippen LogP contribution is -2.38. The van der Waals surface area contributed by atoms with Gasteiger partial charge in [-0.15, -0.1) is 24.0 Å². The second-order valence-electron chi connectivity index (χ2n) is 7.45. The Morgan fingerprint density at radius 3 is 2.41 bits per heavy atom. The van der Waals surface area contributed by atoms with Crippen LogP contribution in [0, 0.1) is 0 Å². The van der Waals surface area contributed by atoms with Crippen LogP contribution in [0.2, 0.25) is 0 Å². The zero-order valence-electron chi connectivity index (χ0n) is 18.8. The van der Waals surface area contributed by atoms with E-state index in [0.29, 0.717) is 12.1 Å². The number of morpholine rings is 1. The summed E-state index contributed by atoms with van der Waals surface area (Å²) in [6.07, 6.45) is 0.829. The lowest BCUT2D eigenvalue weighted by molar-refractivity contribution is 0.0341. The SMILES string of the molecule is CN=C(NCCc1ccc(C(=O)OC)cc1)NCc1ccccc1CN1CCOCC1.I. The molecule has 0 aromatic heterocycles. The molecule has 2 aromatic carbocycles. The van der Waals surface area contributed by atoms with E-state index in [0.717, 1.165) is 57.3 Å². The second kappa shape index (κ2) is 14.1. The number of carbonyl (C=O) groups excluding carboxylic acids is 1. The van der Waals surface area contributed by atoms with Crippen LogP contribution >= 0.6 is 24.0 Å². The summed E-state index contributed by atoms with van der Waals surface area (Å²) in [5, 5.41) is 6.77. The van der Waals surface area contributed by atoms with Gasteiger partial charge in [0.2, 0.25) is 0 Å². The molecule has 32 heavy (non-hydrogen) atoms. The van der Waals surface area contributed by atoms with E-state index >= 15 is 0 Å². The average molecular weight is 552 g/mol. The quantitative estimate of drug-likeness (QED) is 0.227. The summed E-state index contributed by atoms with van der Waals surface area (Å²) in [5.74, 6) is 0.454. The Bertz CT molecular complexity index is 868. The number of nitrogens with one attached hydrogen (secondary N) is 2. The van der Waals surface area contributed by atoms with Crippen molar-refractivity contribution < 1.29 is 14.3 Å². The standard InChI is InChI=1S/C24H32N4O3.HI/c1-25-24(26-12-11-19-7-9-20(10-8-19)23(29)30-2)27-17-21-5-3-4-6-22(21)18-28-13-15-31-16-14-28;/h3-10H,11-18H2,1-2H3,(H2,25,26,27);1H. The molecule has 0 saturated carbocycles. The number of benzene rings is 2. The number of rotatable bonds is 8. The van der Waals surface area contributed by atoms with Crippen molar-refractivity contribution in [3.05, 3.63) is 70.8 Å². The van der Waals surface area contributed by atoms with Gasteiger partial charge in [-0.05, 0) is 35.2 Å². The monoisotopic (exact) mass is 552 g/mol. The number of carbonyl (C=O) groups is 1. The summed E-state index contributed by atoms with van der Waals surface area (Å²) in [7, 11) is 3.17. The summed E-state index contributed by atoms with van der Waals surface area (Å²) in [4.78, 5) is 18.3. The highest BCUT2D eigenvalue weighted by Crippen LogP contribution is 2.13. The summed E-state index contributed by atoms with van der Waals surface area (Å²) in [6, 6.07) is 16.0. The molecular weight excluding hydrogens is 519 g/mol. The molecular formula is C24H33IN4O3. The van der Waals surface area contributed by atoms with E-state index in [1.165, 1.54) is 18.2 Å². The molecule has 0 radical (unpaired) electrons. The smallest absolute Gasteiger partial charge is 0.337 e. The predicted molar refractivity (Wildman–Crippen MR) is 138 cm³/mol. The summed E-state index contributed by atoms with van der Waals surface area (Å²) in [6.45, 7) is 5.97. The number of methoxy groups -OCH3 is 1. The molecule has 1 aliphatic rings. The Labute approximate surface area is 207 Å². The first-order valence-corrected chi connectivity index (χ1v) is 10.7. The fourth-order valence-electron chi connectivity index (χ4n) is 3.53. The third kappa shape index (κ3) is 8.07. The van der Waals surface area contributed by atoms with Crippen molar-refractivity contribution in [1.82, 2.24) is 15.5 Å². The van der Waals surface area contributed by atoms with Crippen LogP contribution in [0.25, 0.3) is 0 Å². The molecule has 0 amide bonds. The van der Waals surface area contributed by atoms with Gasteiger partial charge in [0, 0.05) is 39.8 Å². The minimum Gasteiger partial charge on any atom is -0.465 e. The Hall–Kier alpha value is -2.17. The van der Waals surface area contributed by atoms with E-state index in [4.69, 9.17) is 9.47 Å². The molecule has 2 N–H and O–H groups in total. The molecule has 1 aliphatic heterocycles. The van der Waals surface area contributed by atoms with E-state index in [1.807, 2.05) is 12.1 Å². The van der Waals surface area contributed by atoms with Crippen molar-refractivity contribution in [2.24, 2.45) is 4.99 Å². The maximum atomic E-state index is 11.5. The lowest BCUT2D eigenvalue weighted by Gasteiger charge is -2.27. The van der Waals surface area contributed by atoms with Crippen molar-refractivity contribution in [3.8, 4) is 0 Å². The van der Waals surface area contributed by atoms with Gasteiger partial charge in [0.25, 0.3) is 0 Å². The number of ether oxygens (including phenoxy) is 2. The molecule has 1 fully saturated rings. The lowest BCUT2D eigenvalue weighted by atomic mass is 10.1. The molecule has 2 aromatic rings. The van der Waals surface area contributed by atoms with Crippen LogP contribution in [0.3, 0.4) is 0 Å². The molecule has 0 unspecified atom stereocenters. The second-order valence-corrected chi connectivity index (χ2v) is 7.45. The van der Waals surface area contributed by atoms with Crippen LogP contribution in [0.4, 0.5) is 0 Å². The van der Waals surface area contributed by atoms with Crippen molar-refractivity contribution in [3.63, 3.8) is 0 Å². The van der Waals surface area contributed by atoms with Gasteiger partial charge in [0.1, 0.15) is 0 Å². The van der Waals surface area contributed by atoms with E-state index in [2.05, 4.69) is 44.8 Å². The molecule has 0 atom stereocenters. The first-order chi connectivity index (χ1) is 15.2. The van der Waals surface area contributed by atoms with Gasteiger partial charge in [0.15, 0.2) is 5.96 Å². The summed E-state index contributed by atoms with van der Waals surface area (Å²) >= 11 is 0. The van der Waals surface area contributed by atoms with E-state index in [-0.39, 0.29) is 29.9 Å². The van der Waals surface area contributed by atoms with Crippen LogP contribution in [0.5, 0.6) is 0 Å². The third-order valence-corrected chi connectivity index (χ3v) is 5.37. The fraction of sp³-hybridized carbons (Fsp3) is 0.417. The summed E-state index contributed by atoms with van der Waals surface area (Å²) < 4.78 is 10.2. The number of guanidine groups is 1. The zero-order valence-corrected chi connectivity index (χ0v) is 21.1. The Morgan fingerprint density at radius 1 is 1.06 bits per heavy atom. The predicted octanol–water partition coefficient (Wildman–Crippen LogP) is 2.83. The Morgan fingerprint density at radius 2 is 1.75 bits per heavy atom. The Balaban J connectivity index is 0.00000363. The van der Waals surface area contributed by atoms with Crippen molar-refractivity contribution in [1.29, 1.82) is 0 Å². The number of esters is 1. The molecule has 0 bridgehead atoms. The number of hydrogen-bond donors (Lipinski definition) is 2. The maximum Gasteiger partial charge on any atom is 0.337 e. The normalized spacial score (nSPS) is 14.4. The molecule has 1 heterocycles. The van der Waals surface area contributed by atoms with Crippen molar-refractivity contribution in [2.75, 3.05) is 47.0 Å². The minimum absolute atomic E-state index is 0. The molecule has 7 nitrogen and oxygen atoms in total. The van der Waals surface area contributed by atoms with Gasteiger partial charge in [-0.25, -0.2) is 4.79 Å².